The first kappa shape index (κ1) is 15.9. The summed E-state index contributed by atoms with van der Waals surface area (Å²) in [4.78, 5) is 25.0. The number of hydrogen-bond acceptors (Lipinski definition) is 3. The Kier molecular flexibility index (Phi) is 7.54. The van der Waals surface area contributed by atoms with Crippen LogP contribution >= 0.6 is 0 Å². The standard InChI is InChI=1S/C12H25N3O2/c1-6-9(3)11(13-4)12(17)15(5)8-10(16)14-7-2/h9,11,13H,6-8H2,1-5H3,(H,14,16). The van der Waals surface area contributed by atoms with Crippen molar-refractivity contribution in [1.29, 1.82) is 0 Å². The number of hydrogen-bond donors (Lipinski definition) is 2. The summed E-state index contributed by atoms with van der Waals surface area (Å²) >= 11 is 0. The third-order valence-corrected chi connectivity index (χ3v) is 2.92. The van der Waals surface area contributed by atoms with Gasteiger partial charge in [0.25, 0.3) is 0 Å². The summed E-state index contributed by atoms with van der Waals surface area (Å²) in [5.74, 6) is 0.0969. The summed E-state index contributed by atoms with van der Waals surface area (Å²) < 4.78 is 0. The van der Waals surface area contributed by atoms with Crippen LogP contribution in [0, 0.1) is 5.92 Å². The Bertz CT molecular complexity index is 256. The summed E-state index contributed by atoms with van der Waals surface area (Å²) in [6.07, 6.45) is 0.923. The zero-order valence-corrected chi connectivity index (χ0v) is 11.5. The van der Waals surface area contributed by atoms with Crippen molar-refractivity contribution in [3.63, 3.8) is 0 Å². The third-order valence-electron chi connectivity index (χ3n) is 2.92. The van der Waals surface area contributed by atoms with Gasteiger partial charge in [0.05, 0.1) is 12.6 Å². The van der Waals surface area contributed by atoms with Crippen molar-refractivity contribution in [2.24, 2.45) is 5.92 Å². The summed E-state index contributed by atoms with van der Waals surface area (Å²) in [6.45, 7) is 6.63. The quantitative estimate of drug-likeness (QED) is 0.672. The summed E-state index contributed by atoms with van der Waals surface area (Å²) in [7, 11) is 3.43. The van der Waals surface area contributed by atoms with Crippen molar-refractivity contribution in [2.45, 2.75) is 33.2 Å². The predicted molar refractivity (Wildman–Crippen MR) is 68.6 cm³/mol. The van der Waals surface area contributed by atoms with Crippen molar-refractivity contribution in [1.82, 2.24) is 15.5 Å². The second kappa shape index (κ2) is 8.06. The van der Waals surface area contributed by atoms with E-state index in [0.717, 1.165) is 6.42 Å². The van der Waals surface area contributed by atoms with Crippen molar-refractivity contribution < 1.29 is 9.59 Å². The lowest BCUT2D eigenvalue weighted by Crippen LogP contribution is -2.49. The Morgan fingerprint density at radius 2 is 1.88 bits per heavy atom. The fourth-order valence-corrected chi connectivity index (χ4v) is 1.67. The Morgan fingerprint density at radius 3 is 2.29 bits per heavy atom. The first-order chi connectivity index (χ1) is 7.97. The molecule has 5 nitrogen and oxygen atoms in total. The molecule has 0 fully saturated rings. The zero-order chi connectivity index (χ0) is 13.4. The van der Waals surface area contributed by atoms with E-state index in [1.807, 2.05) is 20.8 Å². The molecule has 0 saturated carbocycles. The van der Waals surface area contributed by atoms with Gasteiger partial charge in [0, 0.05) is 13.6 Å². The third kappa shape index (κ3) is 5.17. The Labute approximate surface area is 104 Å². The van der Waals surface area contributed by atoms with Gasteiger partial charge in [0.2, 0.25) is 11.8 Å². The summed E-state index contributed by atoms with van der Waals surface area (Å²) in [5, 5.41) is 5.69. The number of amides is 2. The smallest absolute Gasteiger partial charge is 0.240 e. The van der Waals surface area contributed by atoms with Crippen molar-refractivity contribution >= 4 is 11.8 Å². The van der Waals surface area contributed by atoms with Gasteiger partial charge in [-0.2, -0.15) is 0 Å². The number of carbonyl (C=O) groups excluding carboxylic acids is 2. The Balaban J connectivity index is 4.40. The summed E-state index contributed by atoms with van der Waals surface area (Å²) in [5.41, 5.74) is 0. The van der Waals surface area contributed by atoms with Crippen LogP contribution in [-0.4, -0.2) is 49.9 Å². The number of carbonyl (C=O) groups is 2. The topological polar surface area (TPSA) is 61.4 Å². The van der Waals surface area contributed by atoms with Crippen LogP contribution in [-0.2, 0) is 9.59 Å². The monoisotopic (exact) mass is 243 g/mol. The first-order valence-electron chi connectivity index (χ1n) is 6.16. The molecule has 0 aromatic heterocycles. The van der Waals surface area contributed by atoms with Crippen molar-refractivity contribution in [2.75, 3.05) is 27.2 Å². The van der Waals surface area contributed by atoms with Gasteiger partial charge in [0.1, 0.15) is 0 Å². The van der Waals surface area contributed by atoms with Crippen LogP contribution in [0.2, 0.25) is 0 Å². The molecule has 0 saturated heterocycles. The van der Waals surface area contributed by atoms with E-state index in [-0.39, 0.29) is 30.3 Å². The lowest BCUT2D eigenvalue weighted by Gasteiger charge is -2.26. The average Bonchev–Trinajstić information content (AvgIpc) is 2.29. The Hall–Kier alpha value is -1.10. The maximum atomic E-state index is 12.1. The fourth-order valence-electron chi connectivity index (χ4n) is 1.67. The van der Waals surface area contributed by atoms with Gasteiger partial charge in [-0.1, -0.05) is 20.3 Å². The molecule has 0 aliphatic heterocycles. The number of nitrogens with zero attached hydrogens (tertiary/aromatic N) is 1. The molecule has 0 rings (SSSR count). The highest BCUT2D eigenvalue weighted by molar-refractivity contribution is 5.87. The van der Waals surface area contributed by atoms with E-state index in [2.05, 4.69) is 10.6 Å². The zero-order valence-electron chi connectivity index (χ0n) is 11.5. The van der Waals surface area contributed by atoms with Gasteiger partial charge >= 0.3 is 0 Å². The molecule has 2 unspecified atom stereocenters. The molecule has 0 bridgehead atoms. The van der Waals surface area contributed by atoms with Gasteiger partial charge in [-0.3, -0.25) is 9.59 Å². The molecule has 0 aromatic carbocycles. The molecule has 0 heterocycles. The van der Waals surface area contributed by atoms with Crippen LogP contribution in [0.15, 0.2) is 0 Å². The van der Waals surface area contributed by atoms with E-state index in [1.54, 1.807) is 14.1 Å². The van der Waals surface area contributed by atoms with E-state index < -0.39 is 0 Å². The molecule has 0 aliphatic rings. The van der Waals surface area contributed by atoms with Gasteiger partial charge < -0.3 is 15.5 Å². The van der Waals surface area contributed by atoms with Crippen LogP contribution in [0.3, 0.4) is 0 Å². The molecule has 2 atom stereocenters. The minimum atomic E-state index is -0.223. The second-order valence-electron chi connectivity index (χ2n) is 4.30. The van der Waals surface area contributed by atoms with Crippen LogP contribution < -0.4 is 10.6 Å². The first-order valence-corrected chi connectivity index (χ1v) is 6.16. The molecule has 0 radical (unpaired) electrons. The van der Waals surface area contributed by atoms with E-state index >= 15 is 0 Å². The second-order valence-corrected chi connectivity index (χ2v) is 4.30. The average molecular weight is 243 g/mol. The molecule has 0 aromatic rings. The maximum absolute atomic E-state index is 12.1. The van der Waals surface area contributed by atoms with E-state index in [1.165, 1.54) is 4.90 Å². The van der Waals surface area contributed by atoms with Gasteiger partial charge in [0.15, 0.2) is 0 Å². The van der Waals surface area contributed by atoms with E-state index in [4.69, 9.17) is 0 Å². The van der Waals surface area contributed by atoms with Crippen LogP contribution in [0.4, 0.5) is 0 Å². The Morgan fingerprint density at radius 1 is 1.29 bits per heavy atom. The molecule has 0 spiro atoms. The largest absolute Gasteiger partial charge is 0.355 e. The molecule has 0 aliphatic carbocycles. The number of likely N-dealkylation sites (N-methyl/N-ethyl adjacent to an activating group) is 3. The predicted octanol–water partition coefficient (Wildman–Crippen LogP) is 0.215. The molecule has 5 heteroatoms. The SMILES string of the molecule is CCNC(=O)CN(C)C(=O)C(NC)C(C)CC. The molecular weight excluding hydrogens is 218 g/mol. The minimum Gasteiger partial charge on any atom is -0.355 e. The normalized spacial score (nSPS) is 13.9. The fraction of sp³-hybridized carbons (Fsp3) is 0.833. The molecule has 2 amide bonds. The highest BCUT2D eigenvalue weighted by Gasteiger charge is 2.25. The lowest BCUT2D eigenvalue weighted by molar-refractivity contribution is -0.137. The number of rotatable bonds is 7. The van der Waals surface area contributed by atoms with Gasteiger partial charge in [-0.25, -0.2) is 0 Å². The minimum absolute atomic E-state index is 0.0342. The molecule has 100 valence electrons. The van der Waals surface area contributed by atoms with Gasteiger partial charge in [-0.05, 0) is 19.9 Å². The lowest BCUT2D eigenvalue weighted by atomic mass is 9.98. The highest BCUT2D eigenvalue weighted by Crippen LogP contribution is 2.09. The molecular formula is C12H25N3O2. The van der Waals surface area contributed by atoms with Gasteiger partial charge in [-0.15, -0.1) is 0 Å². The maximum Gasteiger partial charge on any atom is 0.240 e. The van der Waals surface area contributed by atoms with E-state index in [0.29, 0.717) is 6.54 Å². The van der Waals surface area contributed by atoms with E-state index in [9.17, 15) is 9.59 Å². The molecule has 17 heavy (non-hydrogen) atoms. The van der Waals surface area contributed by atoms with Crippen LogP contribution in [0.25, 0.3) is 0 Å². The van der Waals surface area contributed by atoms with Crippen molar-refractivity contribution in [3.8, 4) is 0 Å². The summed E-state index contributed by atoms with van der Waals surface area (Å²) in [6, 6.07) is -0.223. The molecule has 2 N–H and O–H groups in total. The highest BCUT2D eigenvalue weighted by atomic mass is 16.2. The van der Waals surface area contributed by atoms with Crippen LogP contribution in [0.1, 0.15) is 27.2 Å². The van der Waals surface area contributed by atoms with Crippen LogP contribution in [0.5, 0.6) is 0 Å². The van der Waals surface area contributed by atoms with Crippen molar-refractivity contribution in [3.05, 3.63) is 0 Å². The number of nitrogens with one attached hydrogen (secondary N) is 2.